The number of para-hydroxylation sites is 2. The van der Waals surface area contributed by atoms with Crippen LogP contribution in [0.5, 0.6) is 11.5 Å². The second kappa shape index (κ2) is 8.79. The molecular weight excluding hydrogens is 400 g/mol. The Hall–Kier alpha value is -3.73. The van der Waals surface area contributed by atoms with Crippen LogP contribution in [0.2, 0.25) is 0 Å². The molecule has 0 saturated carbocycles. The quantitative estimate of drug-likeness (QED) is 0.426. The van der Waals surface area contributed by atoms with E-state index < -0.39 is 0 Å². The molecule has 3 aromatic carbocycles. The van der Waals surface area contributed by atoms with Crippen LogP contribution in [0.4, 0.5) is 11.4 Å². The van der Waals surface area contributed by atoms with Gasteiger partial charge in [-0.25, -0.2) is 0 Å². The molecule has 0 atom stereocenters. The zero-order valence-electron chi connectivity index (χ0n) is 18.1. The van der Waals surface area contributed by atoms with Gasteiger partial charge in [0, 0.05) is 35.6 Å². The summed E-state index contributed by atoms with van der Waals surface area (Å²) in [6.07, 6.45) is 3.93. The van der Waals surface area contributed by atoms with Crippen molar-refractivity contribution >= 4 is 28.9 Å². The fourth-order valence-corrected chi connectivity index (χ4v) is 4.42. The first-order valence-electron chi connectivity index (χ1n) is 11.0. The maximum absolute atomic E-state index is 12.4. The summed E-state index contributed by atoms with van der Waals surface area (Å²) in [5.74, 6) is 1.29. The number of carbonyl (C=O) groups is 1. The number of fused-ring (bicyclic) bond motifs is 2. The Morgan fingerprint density at radius 3 is 2.78 bits per heavy atom. The van der Waals surface area contributed by atoms with Crippen molar-refractivity contribution in [2.45, 2.75) is 12.8 Å². The summed E-state index contributed by atoms with van der Waals surface area (Å²) < 4.78 is 11.6. The Balaban J connectivity index is 1.23. The summed E-state index contributed by atoms with van der Waals surface area (Å²) in [6.45, 7) is 2.66. The molecule has 0 bridgehead atoms. The van der Waals surface area contributed by atoms with Crippen LogP contribution < -0.4 is 19.7 Å². The lowest BCUT2D eigenvalue weighted by molar-refractivity contribution is -0.110. The Morgan fingerprint density at radius 1 is 1.03 bits per heavy atom. The molecule has 2 aliphatic heterocycles. The van der Waals surface area contributed by atoms with Gasteiger partial charge in [-0.3, -0.25) is 4.79 Å². The summed E-state index contributed by atoms with van der Waals surface area (Å²) in [4.78, 5) is 14.8. The van der Waals surface area contributed by atoms with E-state index in [-0.39, 0.29) is 5.91 Å². The molecule has 32 heavy (non-hydrogen) atoms. The molecule has 0 fully saturated rings. The molecule has 1 amide bonds. The van der Waals surface area contributed by atoms with Gasteiger partial charge in [0.2, 0.25) is 0 Å². The lowest BCUT2D eigenvalue weighted by Crippen LogP contribution is -2.23. The molecule has 0 spiro atoms. The number of anilines is 2. The summed E-state index contributed by atoms with van der Waals surface area (Å²) in [7, 11) is 1.64. The Labute approximate surface area is 188 Å². The highest BCUT2D eigenvalue weighted by Gasteiger charge is 2.23. The highest BCUT2D eigenvalue weighted by molar-refractivity contribution is 6.34. The van der Waals surface area contributed by atoms with E-state index in [2.05, 4.69) is 34.5 Å². The lowest BCUT2D eigenvalue weighted by Gasteiger charge is -2.19. The Morgan fingerprint density at radius 2 is 1.88 bits per heavy atom. The average Bonchev–Trinajstić information content (AvgIpc) is 3.38. The van der Waals surface area contributed by atoms with Gasteiger partial charge in [-0.15, -0.1) is 0 Å². The maximum atomic E-state index is 12.4. The van der Waals surface area contributed by atoms with Crippen molar-refractivity contribution in [2.24, 2.45) is 0 Å². The number of hydrogen-bond donors (Lipinski definition) is 1. The third-order valence-electron chi connectivity index (χ3n) is 6.02. The van der Waals surface area contributed by atoms with Crippen LogP contribution in [0.25, 0.3) is 11.6 Å². The topological polar surface area (TPSA) is 50.8 Å². The van der Waals surface area contributed by atoms with E-state index in [1.165, 1.54) is 11.3 Å². The van der Waals surface area contributed by atoms with Crippen LogP contribution in [0.15, 0.2) is 66.7 Å². The van der Waals surface area contributed by atoms with Crippen molar-refractivity contribution in [3.8, 4) is 11.5 Å². The molecule has 3 aromatic rings. The SMILES string of the molecule is COc1cc(/C=C2\C(=O)Nc3ccccc32)ccc1OCCCN1CCc2ccccc21. The minimum atomic E-state index is -0.0889. The zero-order valence-corrected chi connectivity index (χ0v) is 18.1. The summed E-state index contributed by atoms with van der Waals surface area (Å²) in [5.41, 5.74) is 6.09. The van der Waals surface area contributed by atoms with Gasteiger partial charge in [0.05, 0.1) is 13.7 Å². The second-order valence-electron chi connectivity index (χ2n) is 8.04. The van der Waals surface area contributed by atoms with Crippen molar-refractivity contribution in [1.29, 1.82) is 0 Å². The maximum Gasteiger partial charge on any atom is 0.256 e. The number of rotatable bonds is 7. The molecule has 0 aliphatic carbocycles. The first-order chi connectivity index (χ1) is 15.7. The fraction of sp³-hybridized carbons (Fsp3) is 0.222. The second-order valence-corrected chi connectivity index (χ2v) is 8.04. The summed E-state index contributed by atoms with van der Waals surface area (Å²) in [5, 5.41) is 2.90. The number of hydrogen-bond acceptors (Lipinski definition) is 4. The van der Waals surface area contributed by atoms with Crippen LogP contribution in [0, 0.1) is 0 Å². The van der Waals surface area contributed by atoms with Crippen LogP contribution >= 0.6 is 0 Å². The van der Waals surface area contributed by atoms with Crippen molar-refractivity contribution in [1.82, 2.24) is 0 Å². The molecule has 5 heteroatoms. The molecule has 5 nitrogen and oxygen atoms in total. The average molecular weight is 427 g/mol. The van der Waals surface area contributed by atoms with Gasteiger partial charge in [0.25, 0.3) is 5.91 Å². The minimum Gasteiger partial charge on any atom is -0.493 e. The number of ether oxygens (including phenoxy) is 2. The minimum absolute atomic E-state index is 0.0889. The Bertz CT molecular complexity index is 1190. The molecule has 0 unspecified atom stereocenters. The highest BCUT2D eigenvalue weighted by Crippen LogP contribution is 2.35. The van der Waals surface area contributed by atoms with E-state index >= 15 is 0 Å². The number of amides is 1. The molecule has 162 valence electrons. The molecule has 5 rings (SSSR count). The lowest BCUT2D eigenvalue weighted by atomic mass is 10.0. The van der Waals surface area contributed by atoms with Crippen LogP contribution in [-0.4, -0.2) is 32.7 Å². The van der Waals surface area contributed by atoms with Crippen LogP contribution in [-0.2, 0) is 11.2 Å². The van der Waals surface area contributed by atoms with Gasteiger partial charge in [-0.05, 0) is 54.3 Å². The van der Waals surface area contributed by atoms with Crippen LogP contribution in [0.1, 0.15) is 23.1 Å². The zero-order chi connectivity index (χ0) is 21.9. The number of carbonyl (C=O) groups excluding carboxylic acids is 1. The van der Waals surface area contributed by atoms with E-state index in [0.29, 0.717) is 23.7 Å². The van der Waals surface area contributed by atoms with Crippen molar-refractivity contribution in [3.63, 3.8) is 0 Å². The van der Waals surface area contributed by atoms with E-state index in [4.69, 9.17) is 9.47 Å². The molecule has 2 aliphatic rings. The molecule has 2 heterocycles. The Kier molecular flexibility index (Phi) is 5.55. The smallest absolute Gasteiger partial charge is 0.256 e. The largest absolute Gasteiger partial charge is 0.493 e. The van der Waals surface area contributed by atoms with Crippen molar-refractivity contribution < 1.29 is 14.3 Å². The molecule has 1 N–H and O–H groups in total. The summed E-state index contributed by atoms with van der Waals surface area (Å²) in [6, 6.07) is 22.1. The van der Waals surface area contributed by atoms with Gasteiger partial charge in [0.15, 0.2) is 11.5 Å². The number of nitrogens with one attached hydrogen (secondary N) is 1. The predicted octanol–water partition coefficient (Wildman–Crippen LogP) is 5.02. The first-order valence-corrected chi connectivity index (χ1v) is 11.0. The molecular formula is C27H26N2O3. The molecule has 0 radical (unpaired) electrons. The summed E-state index contributed by atoms with van der Waals surface area (Å²) >= 11 is 0. The van der Waals surface area contributed by atoms with Gasteiger partial charge >= 0.3 is 0 Å². The van der Waals surface area contributed by atoms with Gasteiger partial charge < -0.3 is 19.7 Å². The predicted molar refractivity (Wildman–Crippen MR) is 128 cm³/mol. The fourth-order valence-electron chi connectivity index (χ4n) is 4.42. The molecule has 0 aromatic heterocycles. The highest BCUT2D eigenvalue weighted by atomic mass is 16.5. The number of benzene rings is 3. The van der Waals surface area contributed by atoms with Crippen molar-refractivity contribution in [2.75, 3.05) is 37.0 Å². The molecule has 0 saturated heterocycles. The van der Waals surface area contributed by atoms with E-state index in [1.54, 1.807) is 7.11 Å². The van der Waals surface area contributed by atoms with E-state index in [9.17, 15) is 4.79 Å². The normalized spacial score (nSPS) is 15.5. The van der Waals surface area contributed by atoms with Crippen LogP contribution in [0.3, 0.4) is 0 Å². The van der Waals surface area contributed by atoms with Crippen molar-refractivity contribution in [3.05, 3.63) is 83.4 Å². The monoisotopic (exact) mass is 426 g/mol. The third-order valence-corrected chi connectivity index (χ3v) is 6.02. The third kappa shape index (κ3) is 3.94. The number of methoxy groups -OCH3 is 1. The van der Waals surface area contributed by atoms with E-state index in [0.717, 1.165) is 42.7 Å². The number of nitrogens with zero attached hydrogens (tertiary/aromatic N) is 1. The first kappa shape index (κ1) is 20.2. The van der Waals surface area contributed by atoms with Gasteiger partial charge in [-0.1, -0.05) is 42.5 Å². The van der Waals surface area contributed by atoms with Gasteiger partial charge in [0.1, 0.15) is 0 Å². The standard InChI is InChI=1S/C27H26N2O3/c1-31-26-18-19(17-22-21-8-3-4-9-23(21)28-27(22)30)11-12-25(26)32-16-6-14-29-15-13-20-7-2-5-10-24(20)29/h2-5,7-12,17-18H,6,13-16H2,1H3,(H,28,30)/b22-17-. The van der Waals surface area contributed by atoms with Gasteiger partial charge in [-0.2, -0.15) is 0 Å². The van der Waals surface area contributed by atoms with E-state index in [1.807, 2.05) is 48.5 Å².